The van der Waals surface area contributed by atoms with Crippen LogP contribution in [-0.2, 0) is 16.8 Å². The first-order valence-corrected chi connectivity index (χ1v) is 8.86. The van der Waals surface area contributed by atoms with Crippen molar-refractivity contribution < 1.29 is 24.2 Å². The van der Waals surface area contributed by atoms with Crippen molar-refractivity contribution >= 4 is 11.9 Å². The Kier molecular flexibility index (Phi) is 6.26. The predicted molar refractivity (Wildman–Crippen MR) is 101 cm³/mol. The standard InChI is InChI=1S/C22H26O5/c1-14(2)27-19-11-10-17(12-18(19)22(3,4)5)21(25)26-13-15-6-8-16(9-7-15)20(23)24/h6-12,14H,13H2,1-5H3,(H,23,24)/p-1. The van der Waals surface area contributed by atoms with Crippen LogP contribution in [0.1, 0.15) is 66.5 Å². The second-order valence-corrected chi connectivity index (χ2v) is 7.69. The predicted octanol–water partition coefficient (Wildman–Crippen LogP) is 3.49. The van der Waals surface area contributed by atoms with Gasteiger partial charge in [0.2, 0.25) is 0 Å². The molecule has 5 nitrogen and oxygen atoms in total. The molecular formula is C22H25O5-. The lowest BCUT2D eigenvalue weighted by Gasteiger charge is -2.24. The molecule has 0 saturated carbocycles. The minimum absolute atomic E-state index is 0.0351. The summed E-state index contributed by atoms with van der Waals surface area (Å²) >= 11 is 0. The molecule has 0 unspecified atom stereocenters. The van der Waals surface area contributed by atoms with E-state index in [1.165, 1.54) is 12.1 Å². The van der Waals surface area contributed by atoms with Gasteiger partial charge in [0.1, 0.15) is 12.4 Å². The summed E-state index contributed by atoms with van der Waals surface area (Å²) in [7, 11) is 0. The summed E-state index contributed by atoms with van der Waals surface area (Å²) in [5.41, 5.74) is 1.97. The van der Waals surface area contributed by atoms with E-state index in [0.29, 0.717) is 11.1 Å². The fraction of sp³-hybridized carbons (Fsp3) is 0.364. The zero-order valence-corrected chi connectivity index (χ0v) is 16.4. The lowest BCUT2D eigenvalue weighted by molar-refractivity contribution is -0.255. The van der Waals surface area contributed by atoms with Crippen molar-refractivity contribution in [1.29, 1.82) is 0 Å². The van der Waals surface area contributed by atoms with Crippen LogP contribution in [0.5, 0.6) is 5.75 Å². The average molecular weight is 369 g/mol. The zero-order chi connectivity index (χ0) is 20.2. The van der Waals surface area contributed by atoms with Gasteiger partial charge in [-0.05, 0) is 48.6 Å². The van der Waals surface area contributed by atoms with Gasteiger partial charge in [0, 0.05) is 5.56 Å². The van der Waals surface area contributed by atoms with Crippen molar-refractivity contribution in [2.45, 2.75) is 52.7 Å². The van der Waals surface area contributed by atoms with Gasteiger partial charge in [0.05, 0.1) is 17.6 Å². The molecule has 0 aromatic heterocycles. The van der Waals surface area contributed by atoms with Crippen molar-refractivity contribution in [3.63, 3.8) is 0 Å². The molecule has 0 aliphatic rings. The summed E-state index contributed by atoms with van der Waals surface area (Å²) < 4.78 is 11.2. The molecule has 0 saturated heterocycles. The molecule has 0 amide bonds. The van der Waals surface area contributed by atoms with E-state index in [4.69, 9.17) is 9.47 Å². The molecule has 0 atom stereocenters. The van der Waals surface area contributed by atoms with E-state index in [2.05, 4.69) is 20.8 Å². The highest BCUT2D eigenvalue weighted by Gasteiger charge is 2.22. The molecular weight excluding hydrogens is 344 g/mol. The molecule has 0 heterocycles. The number of carbonyl (C=O) groups excluding carboxylic acids is 2. The molecule has 0 fully saturated rings. The summed E-state index contributed by atoms with van der Waals surface area (Å²) in [6.07, 6.45) is 0.0351. The Hall–Kier alpha value is -2.82. The van der Waals surface area contributed by atoms with Gasteiger partial charge >= 0.3 is 5.97 Å². The number of esters is 1. The molecule has 27 heavy (non-hydrogen) atoms. The summed E-state index contributed by atoms with van der Waals surface area (Å²) in [5.74, 6) is -0.926. The topological polar surface area (TPSA) is 75.7 Å². The van der Waals surface area contributed by atoms with Gasteiger partial charge in [-0.3, -0.25) is 0 Å². The summed E-state index contributed by atoms with van der Waals surface area (Å²) in [4.78, 5) is 23.2. The van der Waals surface area contributed by atoms with Crippen LogP contribution in [-0.4, -0.2) is 18.0 Å². The molecule has 0 aliphatic carbocycles. The largest absolute Gasteiger partial charge is 0.545 e. The smallest absolute Gasteiger partial charge is 0.338 e. The fourth-order valence-electron chi connectivity index (χ4n) is 2.57. The van der Waals surface area contributed by atoms with Gasteiger partial charge in [0.15, 0.2) is 0 Å². The monoisotopic (exact) mass is 369 g/mol. The molecule has 2 aromatic carbocycles. The van der Waals surface area contributed by atoms with E-state index in [-0.39, 0.29) is 23.7 Å². The van der Waals surface area contributed by atoms with Gasteiger partial charge < -0.3 is 19.4 Å². The molecule has 0 spiro atoms. The highest BCUT2D eigenvalue weighted by molar-refractivity contribution is 5.90. The molecule has 0 radical (unpaired) electrons. The second kappa shape index (κ2) is 8.25. The summed E-state index contributed by atoms with van der Waals surface area (Å²) in [5, 5.41) is 10.8. The Morgan fingerprint density at radius 3 is 2.11 bits per heavy atom. The molecule has 5 heteroatoms. The Morgan fingerprint density at radius 2 is 1.59 bits per heavy atom. The number of carbonyl (C=O) groups is 2. The van der Waals surface area contributed by atoms with E-state index in [9.17, 15) is 14.7 Å². The second-order valence-electron chi connectivity index (χ2n) is 7.69. The van der Waals surface area contributed by atoms with Crippen molar-refractivity contribution in [2.75, 3.05) is 0 Å². The van der Waals surface area contributed by atoms with Crippen LogP contribution in [0.3, 0.4) is 0 Å². The highest BCUT2D eigenvalue weighted by Crippen LogP contribution is 2.33. The number of aromatic carboxylic acids is 1. The normalized spacial score (nSPS) is 11.3. The number of carboxylic acids is 1. The third-order valence-corrected chi connectivity index (χ3v) is 3.95. The molecule has 0 aliphatic heterocycles. The molecule has 0 N–H and O–H groups in total. The summed E-state index contributed by atoms with van der Waals surface area (Å²) in [6.45, 7) is 10.2. The number of hydrogen-bond donors (Lipinski definition) is 0. The first-order chi connectivity index (χ1) is 12.6. The number of rotatable bonds is 6. The van der Waals surface area contributed by atoms with Crippen molar-refractivity contribution in [3.8, 4) is 5.75 Å². The number of benzene rings is 2. The third kappa shape index (κ3) is 5.58. The fourth-order valence-corrected chi connectivity index (χ4v) is 2.57. The van der Waals surface area contributed by atoms with Crippen LogP contribution < -0.4 is 9.84 Å². The van der Waals surface area contributed by atoms with Crippen LogP contribution in [0.25, 0.3) is 0 Å². The SMILES string of the molecule is CC(C)Oc1ccc(C(=O)OCc2ccc(C(=O)[O-])cc2)cc1C(C)(C)C. The van der Waals surface area contributed by atoms with E-state index in [1.54, 1.807) is 30.3 Å². The van der Waals surface area contributed by atoms with Gasteiger partial charge in [0.25, 0.3) is 0 Å². The van der Waals surface area contributed by atoms with Crippen LogP contribution in [0.15, 0.2) is 42.5 Å². The minimum Gasteiger partial charge on any atom is -0.545 e. The van der Waals surface area contributed by atoms with E-state index in [0.717, 1.165) is 11.3 Å². The van der Waals surface area contributed by atoms with Crippen LogP contribution >= 0.6 is 0 Å². The highest BCUT2D eigenvalue weighted by atomic mass is 16.5. The van der Waals surface area contributed by atoms with E-state index < -0.39 is 11.9 Å². The van der Waals surface area contributed by atoms with Gasteiger partial charge in [-0.25, -0.2) is 4.79 Å². The minimum atomic E-state index is -1.24. The maximum absolute atomic E-state index is 12.4. The third-order valence-electron chi connectivity index (χ3n) is 3.95. The van der Waals surface area contributed by atoms with Gasteiger partial charge in [-0.15, -0.1) is 0 Å². The van der Waals surface area contributed by atoms with Gasteiger partial charge in [-0.2, -0.15) is 0 Å². The Bertz CT molecular complexity index is 814. The first kappa shape index (κ1) is 20.5. The first-order valence-electron chi connectivity index (χ1n) is 8.86. The van der Waals surface area contributed by atoms with Crippen LogP contribution in [0, 0.1) is 0 Å². The number of carboxylic acid groups (broad SMARTS) is 1. The maximum atomic E-state index is 12.4. The molecule has 2 aromatic rings. The summed E-state index contributed by atoms with van der Waals surface area (Å²) in [6, 6.07) is 11.3. The maximum Gasteiger partial charge on any atom is 0.338 e. The Balaban J connectivity index is 2.14. The van der Waals surface area contributed by atoms with Crippen molar-refractivity contribution in [1.82, 2.24) is 0 Å². The van der Waals surface area contributed by atoms with Crippen LogP contribution in [0.4, 0.5) is 0 Å². The van der Waals surface area contributed by atoms with E-state index in [1.807, 2.05) is 13.8 Å². The van der Waals surface area contributed by atoms with Crippen LogP contribution in [0.2, 0.25) is 0 Å². The Morgan fingerprint density at radius 1 is 1.00 bits per heavy atom. The van der Waals surface area contributed by atoms with Crippen molar-refractivity contribution in [3.05, 3.63) is 64.7 Å². The molecule has 2 rings (SSSR count). The quantitative estimate of drug-likeness (QED) is 0.729. The number of hydrogen-bond acceptors (Lipinski definition) is 5. The van der Waals surface area contributed by atoms with Gasteiger partial charge in [-0.1, -0.05) is 45.0 Å². The van der Waals surface area contributed by atoms with E-state index >= 15 is 0 Å². The lowest BCUT2D eigenvalue weighted by Crippen LogP contribution is -2.22. The molecule has 144 valence electrons. The number of ether oxygens (including phenoxy) is 2. The van der Waals surface area contributed by atoms with Crippen molar-refractivity contribution in [2.24, 2.45) is 0 Å². The lowest BCUT2D eigenvalue weighted by atomic mass is 9.85. The zero-order valence-electron chi connectivity index (χ0n) is 16.4. The average Bonchev–Trinajstić information content (AvgIpc) is 2.59. The Labute approximate surface area is 159 Å². The molecule has 0 bridgehead atoms.